The van der Waals surface area contributed by atoms with Crippen molar-refractivity contribution in [2.75, 3.05) is 26.7 Å². The van der Waals surface area contributed by atoms with Gasteiger partial charge in [-0.1, -0.05) is 0 Å². The molecule has 0 aliphatic carbocycles. The van der Waals surface area contributed by atoms with Gasteiger partial charge in [-0.25, -0.2) is 0 Å². The summed E-state index contributed by atoms with van der Waals surface area (Å²) < 4.78 is 4.87. The zero-order valence-electron chi connectivity index (χ0n) is 5.84. The van der Waals surface area contributed by atoms with Crippen LogP contribution in [0.3, 0.4) is 0 Å². The molecule has 0 bridgehead atoms. The molecule has 0 saturated heterocycles. The molecule has 0 N–H and O–H groups in total. The standard InChI is InChI=1S/C5H13O2P/c1-8(2,3,4)7-5-6/h5H,1-4H3. The molecule has 3 heteroatoms. The fourth-order valence-corrected chi connectivity index (χ4v) is 0.516. The monoisotopic (exact) mass is 136 g/mol. The van der Waals surface area contributed by atoms with E-state index in [0.29, 0.717) is 6.47 Å². The first kappa shape index (κ1) is 7.90. The van der Waals surface area contributed by atoms with Gasteiger partial charge in [-0.2, -0.15) is 0 Å². The number of rotatable bonds is 2. The Bertz CT molecular complexity index is 91.5. The Kier molecular flexibility index (Phi) is 1.67. The van der Waals surface area contributed by atoms with Gasteiger partial charge in [0.25, 0.3) is 0 Å². The summed E-state index contributed by atoms with van der Waals surface area (Å²) in [6, 6.07) is 0. The van der Waals surface area contributed by atoms with Crippen LogP contribution in [-0.4, -0.2) is 33.1 Å². The third-order valence-electron chi connectivity index (χ3n) is 0.465. The minimum atomic E-state index is -1.97. The van der Waals surface area contributed by atoms with Crippen LogP contribution in [0.1, 0.15) is 0 Å². The molecule has 0 amide bonds. The summed E-state index contributed by atoms with van der Waals surface area (Å²) in [5.41, 5.74) is 0. The van der Waals surface area contributed by atoms with Gasteiger partial charge < -0.3 is 0 Å². The maximum atomic E-state index is 9.84. The van der Waals surface area contributed by atoms with Crippen molar-refractivity contribution >= 4 is 13.3 Å². The Morgan fingerprint density at radius 2 is 1.62 bits per heavy atom. The first-order valence-electron chi connectivity index (χ1n) is 2.44. The molecular formula is C5H13O2P. The van der Waals surface area contributed by atoms with Gasteiger partial charge in [0.05, 0.1) is 0 Å². The molecule has 2 nitrogen and oxygen atoms in total. The van der Waals surface area contributed by atoms with Gasteiger partial charge in [0.2, 0.25) is 0 Å². The molecule has 0 aromatic heterocycles. The van der Waals surface area contributed by atoms with Crippen molar-refractivity contribution in [3.63, 3.8) is 0 Å². The van der Waals surface area contributed by atoms with Gasteiger partial charge in [-0.15, -0.1) is 0 Å². The van der Waals surface area contributed by atoms with Crippen LogP contribution >= 0.6 is 6.83 Å². The summed E-state index contributed by atoms with van der Waals surface area (Å²) in [5.74, 6) is 0. The van der Waals surface area contributed by atoms with Crippen LogP contribution in [0.15, 0.2) is 0 Å². The molecular weight excluding hydrogens is 123 g/mol. The van der Waals surface area contributed by atoms with E-state index in [0.717, 1.165) is 0 Å². The molecule has 0 aliphatic heterocycles. The normalized spacial score (nSPS) is 16.2. The van der Waals surface area contributed by atoms with E-state index in [-0.39, 0.29) is 0 Å². The van der Waals surface area contributed by atoms with E-state index in [9.17, 15) is 4.79 Å². The third-order valence-corrected chi connectivity index (χ3v) is 1.39. The fourth-order valence-electron chi connectivity index (χ4n) is 0.172. The maximum absolute atomic E-state index is 9.84. The van der Waals surface area contributed by atoms with Gasteiger partial charge in [0.1, 0.15) is 0 Å². The van der Waals surface area contributed by atoms with Crippen LogP contribution in [0.2, 0.25) is 0 Å². The molecule has 0 heterocycles. The first-order chi connectivity index (χ1) is 3.31. The van der Waals surface area contributed by atoms with E-state index in [4.69, 9.17) is 4.52 Å². The van der Waals surface area contributed by atoms with E-state index < -0.39 is 6.83 Å². The Balaban J connectivity index is 3.91. The van der Waals surface area contributed by atoms with E-state index in [1.54, 1.807) is 0 Å². The second-order valence-electron chi connectivity index (χ2n) is 3.62. The molecule has 0 fully saturated rings. The third kappa shape index (κ3) is 5.90. The summed E-state index contributed by atoms with van der Waals surface area (Å²) >= 11 is 0. The zero-order valence-corrected chi connectivity index (χ0v) is 6.74. The molecule has 8 heavy (non-hydrogen) atoms. The Morgan fingerprint density at radius 3 is 1.62 bits per heavy atom. The molecule has 0 aromatic rings. The number of carbonyl (C=O) groups is 1. The SMILES string of the molecule is CP(C)(C)(C)OC=O. The van der Waals surface area contributed by atoms with Crippen LogP contribution < -0.4 is 0 Å². The van der Waals surface area contributed by atoms with E-state index in [1.807, 2.05) is 26.7 Å². The zero-order chi connectivity index (χ0) is 6.86. The number of hydrogen-bond acceptors (Lipinski definition) is 2. The van der Waals surface area contributed by atoms with E-state index >= 15 is 0 Å². The van der Waals surface area contributed by atoms with Crippen LogP contribution in [0.4, 0.5) is 0 Å². The van der Waals surface area contributed by atoms with Crippen LogP contribution in [0, 0.1) is 0 Å². The van der Waals surface area contributed by atoms with Crippen molar-refractivity contribution in [2.45, 2.75) is 0 Å². The molecule has 0 atom stereocenters. The number of hydrogen-bond donors (Lipinski definition) is 0. The average Bonchev–Trinajstić information content (AvgIpc) is 1.25. The Labute approximate surface area is 50.2 Å². The first-order valence-corrected chi connectivity index (χ1v) is 6.39. The van der Waals surface area contributed by atoms with E-state index in [2.05, 4.69) is 0 Å². The molecule has 0 saturated carbocycles. The molecule has 0 aliphatic rings. The molecule has 0 radical (unpaired) electrons. The second-order valence-corrected chi connectivity index (χ2v) is 10.7. The van der Waals surface area contributed by atoms with Gasteiger partial charge >= 0.3 is 49.3 Å². The molecule has 0 rings (SSSR count). The molecule has 0 spiro atoms. The van der Waals surface area contributed by atoms with Gasteiger partial charge in [-0.3, -0.25) is 0 Å². The van der Waals surface area contributed by atoms with Crippen molar-refractivity contribution < 1.29 is 9.32 Å². The van der Waals surface area contributed by atoms with Crippen molar-refractivity contribution in [1.82, 2.24) is 0 Å². The van der Waals surface area contributed by atoms with Gasteiger partial charge in [0.15, 0.2) is 0 Å². The molecule has 50 valence electrons. The van der Waals surface area contributed by atoms with Crippen molar-refractivity contribution in [3.05, 3.63) is 0 Å². The summed E-state index contributed by atoms with van der Waals surface area (Å²) in [4.78, 5) is 9.84. The Morgan fingerprint density at radius 1 is 1.25 bits per heavy atom. The summed E-state index contributed by atoms with van der Waals surface area (Å²) in [7, 11) is 0. The van der Waals surface area contributed by atoms with Crippen molar-refractivity contribution in [1.29, 1.82) is 0 Å². The molecule has 0 aromatic carbocycles. The predicted molar refractivity (Wildman–Crippen MR) is 37.8 cm³/mol. The summed E-state index contributed by atoms with van der Waals surface area (Å²) in [5, 5.41) is 0. The van der Waals surface area contributed by atoms with Crippen molar-refractivity contribution in [2.24, 2.45) is 0 Å². The second kappa shape index (κ2) is 1.70. The molecule has 0 unspecified atom stereocenters. The summed E-state index contributed by atoms with van der Waals surface area (Å²) in [6.07, 6.45) is 0. The van der Waals surface area contributed by atoms with Crippen LogP contribution in [0.5, 0.6) is 0 Å². The van der Waals surface area contributed by atoms with Crippen LogP contribution in [-0.2, 0) is 9.32 Å². The quantitative estimate of drug-likeness (QED) is 0.420. The van der Waals surface area contributed by atoms with Crippen LogP contribution in [0.25, 0.3) is 0 Å². The average molecular weight is 136 g/mol. The Hall–Kier alpha value is -0.100. The van der Waals surface area contributed by atoms with E-state index in [1.165, 1.54) is 0 Å². The predicted octanol–water partition coefficient (Wildman–Crippen LogP) is 1.15. The topological polar surface area (TPSA) is 26.3 Å². The van der Waals surface area contributed by atoms with Gasteiger partial charge in [-0.05, 0) is 0 Å². The fraction of sp³-hybridized carbons (Fsp3) is 0.800. The van der Waals surface area contributed by atoms with Gasteiger partial charge in [0, 0.05) is 0 Å². The summed E-state index contributed by atoms with van der Waals surface area (Å²) in [6.45, 7) is 6.44. The number of carbonyl (C=O) groups excluding carboxylic acids is 1. The van der Waals surface area contributed by atoms with Crippen molar-refractivity contribution in [3.8, 4) is 0 Å². The minimum absolute atomic E-state index is 0.526.